The number of halogens is 1. The van der Waals surface area contributed by atoms with E-state index in [4.69, 9.17) is 0 Å². The molecule has 0 aromatic heterocycles. The van der Waals surface area contributed by atoms with Crippen molar-refractivity contribution >= 4 is 0 Å². The third kappa shape index (κ3) is 3.93. The molecule has 0 saturated heterocycles. The highest BCUT2D eigenvalue weighted by Crippen LogP contribution is 2.23. The number of benzene rings is 1. The quantitative estimate of drug-likeness (QED) is 0.827. The van der Waals surface area contributed by atoms with Gasteiger partial charge in [0.1, 0.15) is 5.82 Å². The predicted octanol–water partition coefficient (Wildman–Crippen LogP) is 3.49. The van der Waals surface area contributed by atoms with Crippen molar-refractivity contribution in [1.82, 2.24) is 5.32 Å². The van der Waals surface area contributed by atoms with Crippen LogP contribution in [0.5, 0.6) is 0 Å². The fourth-order valence-electron chi connectivity index (χ4n) is 1.49. The predicted molar refractivity (Wildman–Crippen MR) is 67.2 cm³/mol. The van der Waals surface area contributed by atoms with Gasteiger partial charge in [-0.3, -0.25) is 0 Å². The fourth-order valence-corrected chi connectivity index (χ4v) is 1.49. The molecule has 0 fully saturated rings. The summed E-state index contributed by atoms with van der Waals surface area (Å²) in [6, 6.07) is 6.77. The van der Waals surface area contributed by atoms with Crippen LogP contribution in [0.3, 0.4) is 0 Å². The van der Waals surface area contributed by atoms with E-state index in [1.54, 1.807) is 0 Å². The van der Waals surface area contributed by atoms with E-state index in [1.165, 1.54) is 12.1 Å². The molecule has 1 nitrogen and oxygen atoms in total. The number of hydrogen-bond acceptors (Lipinski definition) is 1. The van der Waals surface area contributed by atoms with Gasteiger partial charge >= 0.3 is 0 Å². The van der Waals surface area contributed by atoms with Crippen LogP contribution in [0.25, 0.3) is 0 Å². The summed E-state index contributed by atoms with van der Waals surface area (Å²) >= 11 is 0. The summed E-state index contributed by atoms with van der Waals surface area (Å²) in [4.78, 5) is 0. The van der Waals surface area contributed by atoms with Gasteiger partial charge in [-0.15, -0.1) is 0 Å². The van der Waals surface area contributed by atoms with Gasteiger partial charge < -0.3 is 5.32 Å². The summed E-state index contributed by atoms with van der Waals surface area (Å²) in [7, 11) is 0. The first-order valence-corrected chi connectivity index (χ1v) is 5.72. The summed E-state index contributed by atoms with van der Waals surface area (Å²) in [6.45, 7) is 11.6. The van der Waals surface area contributed by atoms with Crippen molar-refractivity contribution < 1.29 is 4.39 Å². The van der Waals surface area contributed by atoms with E-state index in [0.717, 1.165) is 12.1 Å². The van der Waals surface area contributed by atoms with Gasteiger partial charge in [0.2, 0.25) is 0 Å². The van der Waals surface area contributed by atoms with Crippen molar-refractivity contribution in [1.29, 1.82) is 0 Å². The molecule has 0 unspecified atom stereocenters. The molecule has 0 aliphatic heterocycles. The molecule has 0 bridgehead atoms. The summed E-state index contributed by atoms with van der Waals surface area (Å²) in [5.41, 5.74) is 1.28. The van der Waals surface area contributed by atoms with Crippen molar-refractivity contribution in [3.63, 3.8) is 0 Å². The topological polar surface area (TPSA) is 12.0 Å². The van der Waals surface area contributed by atoms with E-state index in [-0.39, 0.29) is 16.8 Å². The first kappa shape index (κ1) is 13.2. The summed E-state index contributed by atoms with van der Waals surface area (Å²) in [5, 5.41) is 3.48. The highest BCUT2D eigenvalue weighted by Gasteiger charge is 2.22. The standard InChI is InChI=1S/C14H22FN/c1-13(2,3)16-10-14(4,5)11-6-8-12(15)9-7-11/h6-9,16H,10H2,1-5H3. The number of hydrogen-bond donors (Lipinski definition) is 1. The average Bonchev–Trinajstić information content (AvgIpc) is 2.15. The third-order valence-corrected chi connectivity index (χ3v) is 2.69. The lowest BCUT2D eigenvalue weighted by Crippen LogP contribution is -2.43. The maximum absolute atomic E-state index is 12.8. The SMILES string of the molecule is CC(C)(C)NCC(C)(C)c1ccc(F)cc1. The van der Waals surface area contributed by atoms with Gasteiger partial charge in [0, 0.05) is 17.5 Å². The Hall–Kier alpha value is -0.890. The van der Waals surface area contributed by atoms with Gasteiger partial charge in [0.25, 0.3) is 0 Å². The van der Waals surface area contributed by atoms with Crippen LogP contribution in [0.2, 0.25) is 0 Å². The Labute approximate surface area is 98.1 Å². The minimum absolute atomic E-state index is 0.0149. The smallest absolute Gasteiger partial charge is 0.123 e. The second-order valence-corrected chi connectivity index (χ2v) is 5.99. The Kier molecular flexibility index (Phi) is 3.74. The van der Waals surface area contributed by atoms with E-state index < -0.39 is 0 Å². The molecule has 1 aromatic carbocycles. The molecule has 2 heteroatoms. The summed E-state index contributed by atoms with van der Waals surface area (Å²) < 4.78 is 12.8. The van der Waals surface area contributed by atoms with Crippen molar-refractivity contribution in [3.05, 3.63) is 35.6 Å². The molecule has 0 radical (unpaired) electrons. The Morgan fingerprint density at radius 2 is 1.50 bits per heavy atom. The zero-order valence-electron chi connectivity index (χ0n) is 10.9. The molecule has 0 aliphatic carbocycles. The van der Waals surface area contributed by atoms with E-state index in [9.17, 15) is 4.39 Å². The zero-order valence-corrected chi connectivity index (χ0v) is 10.9. The van der Waals surface area contributed by atoms with Crippen LogP contribution in [0.1, 0.15) is 40.2 Å². The zero-order chi connectivity index (χ0) is 12.4. The van der Waals surface area contributed by atoms with Crippen LogP contribution in [-0.2, 0) is 5.41 Å². The molecule has 0 heterocycles. The maximum atomic E-state index is 12.8. The van der Waals surface area contributed by atoms with Gasteiger partial charge in [-0.25, -0.2) is 4.39 Å². The minimum Gasteiger partial charge on any atom is -0.311 e. The Morgan fingerprint density at radius 3 is 1.94 bits per heavy atom. The van der Waals surface area contributed by atoms with Crippen molar-refractivity contribution in [2.24, 2.45) is 0 Å². The third-order valence-electron chi connectivity index (χ3n) is 2.69. The largest absolute Gasteiger partial charge is 0.311 e. The van der Waals surface area contributed by atoms with Gasteiger partial charge in [-0.2, -0.15) is 0 Å². The normalized spacial score (nSPS) is 12.9. The van der Waals surface area contributed by atoms with E-state index in [1.807, 2.05) is 12.1 Å². The molecule has 16 heavy (non-hydrogen) atoms. The van der Waals surface area contributed by atoms with Crippen LogP contribution in [0.15, 0.2) is 24.3 Å². The minimum atomic E-state index is -0.177. The van der Waals surface area contributed by atoms with Gasteiger partial charge in [0.05, 0.1) is 0 Å². The Morgan fingerprint density at radius 1 is 1.00 bits per heavy atom. The number of rotatable bonds is 3. The maximum Gasteiger partial charge on any atom is 0.123 e. The van der Waals surface area contributed by atoms with Crippen LogP contribution in [0, 0.1) is 5.82 Å². The first-order chi connectivity index (χ1) is 7.21. The van der Waals surface area contributed by atoms with E-state index in [0.29, 0.717) is 0 Å². The second kappa shape index (κ2) is 4.54. The molecule has 90 valence electrons. The fraction of sp³-hybridized carbons (Fsp3) is 0.571. The number of nitrogens with one attached hydrogen (secondary N) is 1. The van der Waals surface area contributed by atoms with Crippen molar-refractivity contribution in [3.8, 4) is 0 Å². The lowest BCUT2D eigenvalue weighted by molar-refractivity contribution is 0.363. The molecule has 0 aliphatic rings. The summed E-state index contributed by atoms with van der Waals surface area (Å²) in [5.74, 6) is -0.177. The van der Waals surface area contributed by atoms with E-state index >= 15 is 0 Å². The molecule has 0 spiro atoms. The Balaban J connectivity index is 2.73. The van der Waals surface area contributed by atoms with Crippen LogP contribution in [0.4, 0.5) is 4.39 Å². The molecule has 0 saturated carbocycles. The summed E-state index contributed by atoms with van der Waals surface area (Å²) in [6.07, 6.45) is 0. The van der Waals surface area contributed by atoms with Crippen molar-refractivity contribution in [2.45, 2.75) is 45.6 Å². The van der Waals surface area contributed by atoms with Gasteiger partial charge in [-0.05, 0) is 38.5 Å². The van der Waals surface area contributed by atoms with E-state index in [2.05, 4.69) is 39.9 Å². The lowest BCUT2D eigenvalue weighted by Gasteiger charge is -2.31. The Bertz CT molecular complexity index is 333. The highest BCUT2D eigenvalue weighted by atomic mass is 19.1. The lowest BCUT2D eigenvalue weighted by atomic mass is 9.84. The second-order valence-electron chi connectivity index (χ2n) is 5.99. The molecular formula is C14H22FN. The molecule has 1 aromatic rings. The highest BCUT2D eigenvalue weighted by molar-refractivity contribution is 5.24. The van der Waals surface area contributed by atoms with Gasteiger partial charge in [0.15, 0.2) is 0 Å². The molecule has 0 atom stereocenters. The van der Waals surface area contributed by atoms with Crippen molar-refractivity contribution in [2.75, 3.05) is 6.54 Å². The average molecular weight is 223 g/mol. The molecular weight excluding hydrogens is 201 g/mol. The van der Waals surface area contributed by atoms with Crippen LogP contribution >= 0.6 is 0 Å². The van der Waals surface area contributed by atoms with Gasteiger partial charge in [-0.1, -0.05) is 26.0 Å². The van der Waals surface area contributed by atoms with Crippen LogP contribution in [-0.4, -0.2) is 12.1 Å². The monoisotopic (exact) mass is 223 g/mol. The molecule has 0 amide bonds. The molecule has 1 rings (SSSR count). The first-order valence-electron chi connectivity index (χ1n) is 5.72. The molecule has 1 N–H and O–H groups in total. The van der Waals surface area contributed by atoms with Crippen LogP contribution < -0.4 is 5.32 Å².